The summed E-state index contributed by atoms with van der Waals surface area (Å²) < 4.78 is 14.8. The van der Waals surface area contributed by atoms with Gasteiger partial charge in [0.2, 0.25) is 0 Å². The first kappa shape index (κ1) is 14.3. The number of aromatic hydroxyl groups is 1. The Bertz CT molecular complexity index is 1080. The average Bonchev–Trinajstić information content (AvgIpc) is 3.00. The van der Waals surface area contributed by atoms with Crippen LogP contribution in [0.5, 0.6) is 5.75 Å². The first-order chi connectivity index (χ1) is 11.6. The molecule has 0 radical (unpaired) electrons. The van der Waals surface area contributed by atoms with E-state index in [-0.39, 0.29) is 17.1 Å². The van der Waals surface area contributed by atoms with Crippen LogP contribution in [0.1, 0.15) is 0 Å². The van der Waals surface area contributed by atoms with E-state index in [0.717, 1.165) is 22.9 Å². The highest BCUT2D eigenvalue weighted by Gasteiger charge is 2.09. The Hall–Kier alpha value is -3.34. The third-order valence-electron chi connectivity index (χ3n) is 3.98. The van der Waals surface area contributed by atoms with Gasteiger partial charge in [-0.15, -0.1) is 0 Å². The quantitative estimate of drug-likeness (QED) is 0.590. The lowest BCUT2D eigenvalue weighted by Gasteiger charge is -2.08. The standard InChI is InChI=1S/C19H13FN2O2/c20-14-5-1-12(2-6-14)13-3-7-15(8-4-13)22-10-9-16-19(22)17(23)11-18(24)21-16/h1-11H,(H2,21,23,24). The molecule has 118 valence electrons. The lowest BCUT2D eigenvalue weighted by molar-refractivity contribution is 0.478. The molecule has 0 aliphatic rings. The van der Waals surface area contributed by atoms with Crippen molar-refractivity contribution in [2.75, 3.05) is 0 Å². The normalized spacial score (nSPS) is 11.0. The molecule has 2 N–H and O–H groups in total. The smallest absolute Gasteiger partial charge is 0.252 e. The van der Waals surface area contributed by atoms with Gasteiger partial charge >= 0.3 is 0 Å². The summed E-state index contributed by atoms with van der Waals surface area (Å²) in [6, 6.07) is 16.9. The minimum atomic E-state index is -0.343. The minimum Gasteiger partial charge on any atom is -0.505 e. The Labute approximate surface area is 136 Å². The van der Waals surface area contributed by atoms with Gasteiger partial charge in [0.25, 0.3) is 5.56 Å². The second-order valence-corrected chi connectivity index (χ2v) is 5.52. The van der Waals surface area contributed by atoms with Gasteiger partial charge in [-0.25, -0.2) is 4.39 Å². The molecule has 0 saturated carbocycles. The fourth-order valence-electron chi connectivity index (χ4n) is 2.83. The molecule has 0 aliphatic heterocycles. The van der Waals surface area contributed by atoms with Crippen LogP contribution in [0.2, 0.25) is 0 Å². The molecule has 2 heterocycles. The minimum absolute atomic E-state index is 0.0682. The van der Waals surface area contributed by atoms with Crippen molar-refractivity contribution in [3.63, 3.8) is 0 Å². The maximum atomic E-state index is 13.0. The number of aromatic amines is 1. The monoisotopic (exact) mass is 320 g/mol. The van der Waals surface area contributed by atoms with Crippen LogP contribution >= 0.6 is 0 Å². The van der Waals surface area contributed by atoms with Crippen LogP contribution in [0, 0.1) is 5.82 Å². The Balaban J connectivity index is 1.78. The van der Waals surface area contributed by atoms with E-state index in [4.69, 9.17) is 0 Å². The molecule has 0 bridgehead atoms. The van der Waals surface area contributed by atoms with E-state index in [1.54, 1.807) is 29.0 Å². The van der Waals surface area contributed by atoms with Crippen molar-refractivity contribution in [1.82, 2.24) is 9.55 Å². The Morgan fingerprint density at radius 2 is 1.54 bits per heavy atom. The Morgan fingerprint density at radius 1 is 0.917 bits per heavy atom. The maximum absolute atomic E-state index is 13.0. The molecule has 0 unspecified atom stereocenters. The van der Waals surface area contributed by atoms with Crippen molar-refractivity contribution in [2.24, 2.45) is 0 Å². The number of pyridine rings is 1. The maximum Gasteiger partial charge on any atom is 0.252 e. The summed E-state index contributed by atoms with van der Waals surface area (Å²) in [5.74, 6) is -0.333. The number of benzene rings is 2. The molecular formula is C19H13FN2O2. The largest absolute Gasteiger partial charge is 0.505 e. The number of hydrogen-bond donors (Lipinski definition) is 2. The molecular weight excluding hydrogens is 307 g/mol. The van der Waals surface area contributed by atoms with Crippen LogP contribution in [0.4, 0.5) is 4.39 Å². The predicted molar refractivity (Wildman–Crippen MR) is 91.0 cm³/mol. The summed E-state index contributed by atoms with van der Waals surface area (Å²) in [5, 5.41) is 10.1. The van der Waals surface area contributed by atoms with Crippen LogP contribution < -0.4 is 5.56 Å². The number of H-pyrrole nitrogens is 1. The molecule has 0 amide bonds. The SMILES string of the molecule is O=c1cc(O)c2c(ccn2-c2ccc(-c3ccc(F)cc3)cc2)[nH]1. The highest BCUT2D eigenvalue weighted by Crippen LogP contribution is 2.27. The fourth-order valence-corrected chi connectivity index (χ4v) is 2.83. The third-order valence-corrected chi connectivity index (χ3v) is 3.98. The van der Waals surface area contributed by atoms with Gasteiger partial charge in [-0.3, -0.25) is 4.79 Å². The van der Waals surface area contributed by atoms with E-state index in [9.17, 15) is 14.3 Å². The van der Waals surface area contributed by atoms with Crippen LogP contribution in [0.3, 0.4) is 0 Å². The molecule has 0 atom stereocenters. The van der Waals surface area contributed by atoms with E-state index in [2.05, 4.69) is 4.98 Å². The Kier molecular flexibility index (Phi) is 3.20. The number of hydrogen-bond acceptors (Lipinski definition) is 2. The van der Waals surface area contributed by atoms with Crippen molar-refractivity contribution < 1.29 is 9.50 Å². The van der Waals surface area contributed by atoms with Crippen molar-refractivity contribution >= 4 is 11.0 Å². The molecule has 4 aromatic rings. The van der Waals surface area contributed by atoms with Gasteiger partial charge in [-0.1, -0.05) is 24.3 Å². The first-order valence-electron chi connectivity index (χ1n) is 7.41. The van der Waals surface area contributed by atoms with Gasteiger partial charge in [0.05, 0.1) is 5.52 Å². The molecule has 2 aromatic carbocycles. The molecule has 0 saturated heterocycles. The summed E-state index contributed by atoms with van der Waals surface area (Å²) in [6.07, 6.45) is 1.78. The zero-order valence-electron chi connectivity index (χ0n) is 12.5. The third kappa shape index (κ3) is 2.36. The van der Waals surface area contributed by atoms with Gasteiger partial charge in [0.1, 0.15) is 17.1 Å². The molecule has 2 aromatic heterocycles. The molecule has 4 rings (SSSR count). The van der Waals surface area contributed by atoms with Gasteiger partial charge in [0, 0.05) is 18.0 Å². The summed E-state index contributed by atoms with van der Waals surface area (Å²) in [4.78, 5) is 14.1. The van der Waals surface area contributed by atoms with E-state index < -0.39 is 0 Å². The molecule has 0 fully saturated rings. The van der Waals surface area contributed by atoms with E-state index in [0.29, 0.717) is 11.0 Å². The lowest BCUT2D eigenvalue weighted by atomic mass is 10.1. The number of nitrogens with zero attached hydrogens (tertiary/aromatic N) is 1. The summed E-state index contributed by atoms with van der Waals surface area (Å²) in [6.45, 7) is 0. The average molecular weight is 320 g/mol. The second-order valence-electron chi connectivity index (χ2n) is 5.52. The van der Waals surface area contributed by atoms with Gasteiger partial charge in [-0.2, -0.15) is 0 Å². The number of fused-ring (bicyclic) bond motifs is 1. The van der Waals surface area contributed by atoms with Gasteiger partial charge in [-0.05, 0) is 41.5 Å². The predicted octanol–water partition coefficient (Wildman–Crippen LogP) is 3.83. The summed E-state index contributed by atoms with van der Waals surface area (Å²) in [7, 11) is 0. The van der Waals surface area contributed by atoms with Crippen LogP contribution in [-0.4, -0.2) is 14.7 Å². The molecule has 4 nitrogen and oxygen atoms in total. The molecule has 0 spiro atoms. The topological polar surface area (TPSA) is 58.0 Å². The lowest BCUT2D eigenvalue weighted by Crippen LogP contribution is -2.03. The molecule has 24 heavy (non-hydrogen) atoms. The van der Waals surface area contributed by atoms with Gasteiger partial charge < -0.3 is 14.7 Å². The fraction of sp³-hybridized carbons (Fsp3) is 0. The van der Waals surface area contributed by atoms with Crippen molar-refractivity contribution in [3.05, 3.63) is 83.0 Å². The number of nitrogens with one attached hydrogen (secondary N) is 1. The van der Waals surface area contributed by atoms with E-state index in [1.165, 1.54) is 12.1 Å². The molecule has 5 heteroatoms. The second kappa shape index (κ2) is 5.38. The van der Waals surface area contributed by atoms with Crippen LogP contribution in [-0.2, 0) is 0 Å². The van der Waals surface area contributed by atoms with Crippen molar-refractivity contribution in [1.29, 1.82) is 0 Å². The van der Waals surface area contributed by atoms with Gasteiger partial charge in [0.15, 0.2) is 0 Å². The highest BCUT2D eigenvalue weighted by molar-refractivity contribution is 5.83. The number of rotatable bonds is 2. The van der Waals surface area contributed by atoms with E-state index in [1.807, 2.05) is 24.3 Å². The van der Waals surface area contributed by atoms with Crippen molar-refractivity contribution in [3.8, 4) is 22.6 Å². The van der Waals surface area contributed by atoms with Crippen LogP contribution in [0.25, 0.3) is 27.8 Å². The van der Waals surface area contributed by atoms with Crippen LogP contribution in [0.15, 0.2) is 71.7 Å². The summed E-state index contributed by atoms with van der Waals surface area (Å²) in [5.41, 5.74) is 3.51. The first-order valence-corrected chi connectivity index (χ1v) is 7.41. The Morgan fingerprint density at radius 3 is 2.21 bits per heavy atom. The zero-order valence-corrected chi connectivity index (χ0v) is 12.5. The number of aromatic nitrogens is 2. The number of halogens is 1. The molecule has 0 aliphatic carbocycles. The zero-order chi connectivity index (χ0) is 16.7. The van der Waals surface area contributed by atoms with E-state index >= 15 is 0 Å². The summed E-state index contributed by atoms with van der Waals surface area (Å²) >= 11 is 0. The van der Waals surface area contributed by atoms with Crippen molar-refractivity contribution in [2.45, 2.75) is 0 Å². The highest BCUT2D eigenvalue weighted by atomic mass is 19.1.